The van der Waals surface area contributed by atoms with E-state index in [4.69, 9.17) is 5.84 Å². The van der Waals surface area contributed by atoms with E-state index < -0.39 is 17.7 Å². The summed E-state index contributed by atoms with van der Waals surface area (Å²) in [5, 5.41) is 0. The number of nitrogens with one attached hydrogen (secondary N) is 1. The van der Waals surface area contributed by atoms with Gasteiger partial charge in [0.05, 0.1) is 10.5 Å². The highest BCUT2D eigenvalue weighted by molar-refractivity contribution is 9.10. The summed E-state index contributed by atoms with van der Waals surface area (Å²) in [4.78, 5) is 0. The SMILES string of the molecule is Cc1cc(C(NN)c2ccc(F)c(F)c2Br)ccc1F. The minimum atomic E-state index is -0.985. The molecule has 0 saturated heterocycles. The molecule has 106 valence electrons. The lowest BCUT2D eigenvalue weighted by atomic mass is 9.97. The highest BCUT2D eigenvalue weighted by Crippen LogP contribution is 2.31. The van der Waals surface area contributed by atoms with Crippen LogP contribution in [0.4, 0.5) is 13.2 Å². The number of rotatable bonds is 3. The number of aryl methyl sites for hydroxylation is 1. The van der Waals surface area contributed by atoms with Gasteiger partial charge in [-0.1, -0.05) is 18.2 Å². The maximum absolute atomic E-state index is 13.6. The normalized spacial score (nSPS) is 12.5. The molecular formula is C14H12BrF3N2. The zero-order valence-corrected chi connectivity index (χ0v) is 12.1. The standard InChI is InChI=1S/C14H12BrF3N2/c1-7-6-8(2-4-10(7)16)14(20-19)9-3-5-11(17)13(18)12(9)15/h2-6,14,20H,19H2,1H3. The Morgan fingerprint density at radius 1 is 1.10 bits per heavy atom. The second-order valence-electron chi connectivity index (χ2n) is 4.37. The lowest BCUT2D eigenvalue weighted by Gasteiger charge is -2.19. The third-order valence-corrected chi connectivity index (χ3v) is 3.86. The summed E-state index contributed by atoms with van der Waals surface area (Å²) in [6.07, 6.45) is 0. The Bertz CT molecular complexity index is 647. The van der Waals surface area contributed by atoms with E-state index in [9.17, 15) is 13.2 Å². The van der Waals surface area contributed by atoms with Crippen molar-refractivity contribution < 1.29 is 13.2 Å². The molecule has 0 bridgehead atoms. The average Bonchev–Trinajstić information content (AvgIpc) is 2.43. The maximum Gasteiger partial charge on any atom is 0.173 e. The first-order valence-electron chi connectivity index (χ1n) is 5.81. The van der Waals surface area contributed by atoms with Gasteiger partial charge < -0.3 is 0 Å². The lowest BCUT2D eigenvalue weighted by molar-refractivity contribution is 0.498. The summed E-state index contributed by atoms with van der Waals surface area (Å²) in [6, 6.07) is 6.32. The lowest BCUT2D eigenvalue weighted by Crippen LogP contribution is -2.29. The fourth-order valence-electron chi connectivity index (χ4n) is 1.98. The topological polar surface area (TPSA) is 38.0 Å². The van der Waals surface area contributed by atoms with Crippen LogP contribution in [0.3, 0.4) is 0 Å². The van der Waals surface area contributed by atoms with Gasteiger partial charge in [-0.15, -0.1) is 0 Å². The van der Waals surface area contributed by atoms with Gasteiger partial charge in [0, 0.05) is 0 Å². The number of benzene rings is 2. The molecule has 0 aliphatic carbocycles. The van der Waals surface area contributed by atoms with E-state index in [1.165, 1.54) is 12.1 Å². The van der Waals surface area contributed by atoms with Crippen LogP contribution in [0.1, 0.15) is 22.7 Å². The molecule has 0 aliphatic heterocycles. The molecule has 0 amide bonds. The van der Waals surface area contributed by atoms with Crippen molar-refractivity contribution in [1.29, 1.82) is 0 Å². The van der Waals surface area contributed by atoms with Crippen molar-refractivity contribution in [2.45, 2.75) is 13.0 Å². The van der Waals surface area contributed by atoms with E-state index in [0.717, 1.165) is 6.07 Å². The zero-order valence-electron chi connectivity index (χ0n) is 10.6. The second-order valence-corrected chi connectivity index (χ2v) is 5.17. The van der Waals surface area contributed by atoms with E-state index in [1.54, 1.807) is 19.1 Å². The fraction of sp³-hybridized carbons (Fsp3) is 0.143. The zero-order chi connectivity index (χ0) is 14.9. The molecule has 0 spiro atoms. The Hall–Kier alpha value is -1.37. The Kier molecular flexibility index (Phi) is 4.47. The van der Waals surface area contributed by atoms with Gasteiger partial charge in [-0.3, -0.25) is 5.84 Å². The smallest absolute Gasteiger partial charge is 0.173 e. The molecule has 0 fully saturated rings. The molecule has 0 radical (unpaired) electrons. The van der Waals surface area contributed by atoms with Gasteiger partial charge in [-0.2, -0.15) is 0 Å². The second kappa shape index (κ2) is 5.95. The number of hydrazine groups is 1. The Morgan fingerprint density at radius 3 is 2.35 bits per heavy atom. The van der Waals surface area contributed by atoms with Crippen molar-refractivity contribution in [3.63, 3.8) is 0 Å². The largest absolute Gasteiger partial charge is 0.271 e. The Labute approximate surface area is 122 Å². The van der Waals surface area contributed by atoms with E-state index in [2.05, 4.69) is 21.4 Å². The maximum atomic E-state index is 13.6. The Morgan fingerprint density at radius 2 is 1.75 bits per heavy atom. The first kappa shape index (κ1) is 15.0. The van der Waals surface area contributed by atoms with Crippen LogP contribution in [0.2, 0.25) is 0 Å². The number of halogens is 4. The van der Waals surface area contributed by atoms with Gasteiger partial charge in [-0.05, 0) is 51.7 Å². The summed E-state index contributed by atoms with van der Waals surface area (Å²) >= 11 is 3.02. The van der Waals surface area contributed by atoms with E-state index in [1.807, 2.05) is 0 Å². The van der Waals surface area contributed by atoms with E-state index in [-0.39, 0.29) is 10.3 Å². The van der Waals surface area contributed by atoms with Crippen molar-refractivity contribution in [3.8, 4) is 0 Å². The van der Waals surface area contributed by atoms with Crippen LogP contribution in [-0.4, -0.2) is 0 Å². The van der Waals surface area contributed by atoms with Gasteiger partial charge in [0.1, 0.15) is 5.82 Å². The molecule has 0 saturated carbocycles. The van der Waals surface area contributed by atoms with Crippen molar-refractivity contribution in [3.05, 3.63) is 68.9 Å². The molecule has 0 heterocycles. The minimum absolute atomic E-state index is 0.0116. The number of hydrogen-bond acceptors (Lipinski definition) is 2. The van der Waals surface area contributed by atoms with Crippen LogP contribution in [-0.2, 0) is 0 Å². The number of nitrogens with two attached hydrogens (primary N) is 1. The predicted octanol–water partition coefficient (Wildman–Crippen LogP) is 3.73. The molecule has 1 atom stereocenters. The van der Waals surface area contributed by atoms with Gasteiger partial charge >= 0.3 is 0 Å². The molecule has 2 rings (SSSR count). The van der Waals surface area contributed by atoms with Gasteiger partial charge in [0.15, 0.2) is 11.6 Å². The summed E-state index contributed by atoms with van der Waals surface area (Å²) < 4.78 is 40.0. The molecule has 3 N–H and O–H groups in total. The van der Waals surface area contributed by atoms with Crippen molar-refractivity contribution >= 4 is 15.9 Å². The van der Waals surface area contributed by atoms with Gasteiger partial charge in [-0.25, -0.2) is 18.6 Å². The van der Waals surface area contributed by atoms with Crippen molar-refractivity contribution in [2.24, 2.45) is 5.84 Å². The Balaban J connectivity index is 2.52. The molecule has 2 aromatic carbocycles. The highest BCUT2D eigenvalue weighted by atomic mass is 79.9. The van der Waals surface area contributed by atoms with Crippen molar-refractivity contribution in [2.75, 3.05) is 0 Å². The van der Waals surface area contributed by atoms with Crippen LogP contribution in [0.5, 0.6) is 0 Å². The number of hydrogen-bond donors (Lipinski definition) is 2. The molecule has 6 heteroatoms. The van der Waals surface area contributed by atoms with E-state index in [0.29, 0.717) is 16.7 Å². The summed E-state index contributed by atoms with van der Waals surface area (Å²) in [5.74, 6) is 3.23. The molecule has 0 aliphatic rings. The van der Waals surface area contributed by atoms with E-state index >= 15 is 0 Å². The fourth-order valence-corrected chi connectivity index (χ4v) is 2.53. The monoisotopic (exact) mass is 344 g/mol. The molecule has 1 unspecified atom stereocenters. The van der Waals surface area contributed by atoms with Crippen LogP contribution < -0.4 is 11.3 Å². The summed E-state index contributed by atoms with van der Waals surface area (Å²) in [7, 11) is 0. The third-order valence-electron chi connectivity index (χ3n) is 3.06. The first-order valence-corrected chi connectivity index (χ1v) is 6.60. The van der Waals surface area contributed by atoms with Crippen LogP contribution in [0.15, 0.2) is 34.8 Å². The van der Waals surface area contributed by atoms with Crippen LogP contribution in [0.25, 0.3) is 0 Å². The van der Waals surface area contributed by atoms with Crippen LogP contribution in [0, 0.1) is 24.4 Å². The molecule has 0 aromatic heterocycles. The minimum Gasteiger partial charge on any atom is -0.271 e. The third kappa shape index (κ3) is 2.72. The van der Waals surface area contributed by atoms with Gasteiger partial charge in [0.2, 0.25) is 0 Å². The quantitative estimate of drug-likeness (QED) is 0.505. The molecule has 2 aromatic rings. The summed E-state index contributed by atoms with van der Waals surface area (Å²) in [5.41, 5.74) is 4.05. The molecule has 2 nitrogen and oxygen atoms in total. The average molecular weight is 345 g/mol. The highest BCUT2D eigenvalue weighted by Gasteiger charge is 2.20. The predicted molar refractivity (Wildman–Crippen MR) is 74.4 cm³/mol. The summed E-state index contributed by atoms with van der Waals surface area (Å²) in [6.45, 7) is 1.62. The molecule has 20 heavy (non-hydrogen) atoms. The van der Waals surface area contributed by atoms with Crippen LogP contribution >= 0.6 is 15.9 Å². The molecular weight excluding hydrogens is 333 g/mol. The van der Waals surface area contributed by atoms with Gasteiger partial charge in [0.25, 0.3) is 0 Å². The first-order chi connectivity index (χ1) is 9.45. The van der Waals surface area contributed by atoms with Crippen molar-refractivity contribution in [1.82, 2.24) is 5.43 Å².